The maximum Gasteiger partial charge on any atom is 0.270 e. The van der Waals surface area contributed by atoms with Crippen molar-refractivity contribution >= 4 is 28.7 Å². The van der Waals surface area contributed by atoms with Gasteiger partial charge in [0.15, 0.2) is 5.82 Å². The molecule has 1 saturated heterocycles. The van der Waals surface area contributed by atoms with Crippen molar-refractivity contribution < 1.29 is 9.59 Å². The van der Waals surface area contributed by atoms with Crippen LogP contribution >= 0.6 is 0 Å². The highest BCUT2D eigenvalue weighted by Crippen LogP contribution is 2.26. The maximum atomic E-state index is 13.4. The fraction of sp³-hybridized carbons (Fsp3) is 0.258. The first-order chi connectivity index (χ1) is 20.0. The summed E-state index contributed by atoms with van der Waals surface area (Å²) >= 11 is 0. The van der Waals surface area contributed by atoms with Gasteiger partial charge in [0.1, 0.15) is 23.2 Å². The van der Waals surface area contributed by atoms with Crippen molar-refractivity contribution in [2.75, 3.05) is 51.1 Å². The number of nitrogens with zero attached hydrogens (tertiary/aromatic N) is 5. The number of H-pyrrole nitrogens is 1. The third kappa shape index (κ3) is 6.70. The van der Waals surface area contributed by atoms with Crippen molar-refractivity contribution in [2.24, 2.45) is 0 Å². The van der Waals surface area contributed by atoms with Crippen molar-refractivity contribution in [3.63, 3.8) is 0 Å². The Hall–Kier alpha value is -5.19. The standard InChI is InChI=1S/C31H30N8O2/c1-22(40)33-13-14-34-29-26-20-27(35-30(26)37-28(36-29)24-9-3-2-4-10-24)31(41)39-18-16-38(17-19-39)15-7-12-23-8-5-6-11-25(23)21-32/h2-6,8-11,20H,13-19H2,1H3,(H,33,40)(H2,34,35,36,37). The summed E-state index contributed by atoms with van der Waals surface area (Å²) in [6.45, 7) is 5.52. The average molecular weight is 547 g/mol. The molecule has 3 N–H and O–H groups in total. The molecule has 2 amide bonds. The van der Waals surface area contributed by atoms with Crippen LogP contribution in [0.15, 0.2) is 60.7 Å². The maximum absolute atomic E-state index is 13.4. The molecule has 41 heavy (non-hydrogen) atoms. The van der Waals surface area contributed by atoms with Crippen LogP contribution in [0.3, 0.4) is 0 Å². The van der Waals surface area contributed by atoms with Crippen LogP contribution in [0.5, 0.6) is 0 Å². The molecule has 0 unspecified atom stereocenters. The van der Waals surface area contributed by atoms with E-state index in [4.69, 9.17) is 9.97 Å². The number of carbonyl (C=O) groups excluding carboxylic acids is 2. The summed E-state index contributed by atoms with van der Waals surface area (Å²) in [6, 6.07) is 20.9. The smallest absolute Gasteiger partial charge is 0.270 e. The first-order valence-electron chi connectivity index (χ1n) is 13.5. The summed E-state index contributed by atoms with van der Waals surface area (Å²) in [5, 5.41) is 16.0. The first-order valence-corrected chi connectivity index (χ1v) is 13.5. The molecule has 2 aromatic carbocycles. The van der Waals surface area contributed by atoms with Gasteiger partial charge in [-0.2, -0.15) is 5.26 Å². The van der Waals surface area contributed by atoms with E-state index >= 15 is 0 Å². The van der Waals surface area contributed by atoms with Gasteiger partial charge in [-0.3, -0.25) is 14.5 Å². The van der Waals surface area contributed by atoms with Crippen LogP contribution in [-0.4, -0.2) is 82.4 Å². The molecule has 4 aromatic rings. The summed E-state index contributed by atoms with van der Waals surface area (Å²) in [7, 11) is 0. The number of benzene rings is 2. The molecule has 5 rings (SSSR count). The number of piperazine rings is 1. The fourth-order valence-corrected chi connectivity index (χ4v) is 4.61. The first kappa shape index (κ1) is 27.4. The largest absolute Gasteiger partial charge is 0.368 e. The second kappa shape index (κ2) is 12.8. The molecule has 206 valence electrons. The van der Waals surface area contributed by atoms with E-state index in [1.54, 1.807) is 12.1 Å². The van der Waals surface area contributed by atoms with Gasteiger partial charge < -0.3 is 20.5 Å². The van der Waals surface area contributed by atoms with Crippen molar-refractivity contribution in [2.45, 2.75) is 6.92 Å². The van der Waals surface area contributed by atoms with E-state index in [2.05, 4.69) is 38.4 Å². The van der Waals surface area contributed by atoms with Crippen LogP contribution in [0, 0.1) is 23.2 Å². The summed E-state index contributed by atoms with van der Waals surface area (Å²) in [5.74, 6) is 7.19. The Bertz CT molecular complexity index is 1650. The summed E-state index contributed by atoms with van der Waals surface area (Å²) < 4.78 is 0. The molecular formula is C31H30N8O2. The van der Waals surface area contributed by atoms with E-state index in [-0.39, 0.29) is 11.8 Å². The average Bonchev–Trinajstić information content (AvgIpc) is 3.44. The summed E-state index contributed by atoms with van der Waals surface area (Å²) in [6.07, 6.45) is 0. The third-order valence-corrected chi connectivity index (χ3v) is 6.77. The van der Waals surface area contributed by atoms with Gasteiger partial charge in [0.25, 0.3) is 5.91 Å². The molecule has 3 heterocycles. The Morgan fingerprint density at radius 2 is 1.71 bits per heavy atom. The molecule has 1 fully saturated rings. The Labute approximate surface area is 238 Å². The molecule has 0 aliphatic carbocycles. The molecular weight excluding hydrogens is 516 g/mol. The Kier molecular flexibility index (Phi) is 8.53. The van der Waals surface area contributed by atoms with Crippen molar-refractivity contribution in [3.8, 4) is 29.3 Å². The molecule has 0 radical (unpaired) electrons. The minimum atomic E-state index is -0.101. The number of rotatable bonds is 7. The molecule has 1 aliphatic heterocycles. The number of aromatic nitrogens is 3. The number of hydrogen-bond acceptors (Lipinski definition) is 7. The topological polar surface area (TPSA) is 130 Å². The monoisotopic (exact) mass is 546 g/mol. The number of aromatic amines is 1. The van der Waals surface area contributed by atoms with Crippen molar-refractivity contribution in [1.29, 1.82) is 5.26 Å². The zero-order chi connectivity index (χ0) is 28.6. The minimum absolute atomic E-state index is 0.0952. The number of amides is 2. The number of hydrogen-bond donors (Lipinski definition) is 3. The molecule has 0 saturated carbocycles. The zero-order valence-electron chi connectivity index (χ0n) is 22.8. The molecule has 10 heteroatoms. The molecule has 2 aromatic heterocycles. The molecule has 0 spiro atoms. The van der Waals surface area contributed by atoms with E-state index in [0.717, 1.165) is 11.1 Å². The highest BCUT2D eigenvalue weighted by atomic mass is 16.2. The van der Waals surface area contributed by atoms with E-state index in [9.17, 15) is 14.9 Å². The Balaban J connectivity index is 1.28. The van der Waals surface area contributed by atoms with Gasteiger partial charge in [0, 0.05) is 57.3 Å². The van der Waals surface area contributed by atoms with Crippen LogP contribution in [0.25, 0.3) is 22.4 Å². The van der Waals surface area contributed by atoms with E-state index in [0.29, 0.717) is 79.7 Å². The zero-order valence-corrected chi connectivity index (χ0v) is 22.8. The predicted octanol–water partition coefficient (Wildman–Crippen LogP) is 2.85. The highest BCUT2D eigenvalue weighted by molar-refractivity contribution is 6.00. The van der Waals surface area contributed by atoms with Gasteiger partial charge in [-0.1, -0.05) is 54.3 Å². The normalized spacial score (nSPS) is 13.2. The van der Waals surface area contributed by atoms with Gasteiger partial charge in [0.2, 0.25) is 5.91 Å². The van der Waals surface area contributed by atoms with Crippen molar-refractivity contribution in [1.82, 2.24) is 30.1 Å². The minimum Gasteiger partial charge on any atom is -0.368 e. The van der Waals surface area contributed by atoms with Gasteiger partial charge in [-0.15, -0.1) is 0 Å². The highest BCUT2D eigenvalue weighted by Gasteiger charge is 2.24. The number of fused-ring (bicyclic) bond motifs is 1. The van der Waals surface area contributed by atoms with E-state index in [1.165, 1.54) is 6.92 Å². The fourth-order valence-electron chi connectivity index (χ4n) is 4.61. The van der Waals surface area contributed by atoms with Gasteiger partial charge in [-0.05, 0) is 18.2 Å². The van der Waals surface area contributed by atoms with E-state index in [1.807, 2.05) is 53.4 Å². The lowest BCUT2D eigenvalue weighted by molar-refractivity contribution is -0.118. The Morgan fingerprint density at radius 1 is 0.976 bits per heavy atom. The van der Waals surface area contributed by atoms with Gasteiger partial charge in [-0.25, -0.2) is 9.97 Å². The second-order valence-corrected chi connectivity index (χ2v) is 9.64. The lowest BCUT2D eigenvalue weighted by Gasteiger charge is -2.33. The quantitative estimate of drug-likeness (QED) is 0.240. The third-order valence-electron chi connectivity index (χ3n) is 6.77. The lowest BCUT2D eigenvalue weighted by atomic mass is 10.1. The molecule has 1 aliphatic rings. The predicted molar refractivity (Wildman–Crippen MR) is 157 cm³/mol. The van der Waals surface area contributed by atoms with Gasteiger partial charge >= 0.3 is 0 Å². The van der Waals surface area contributed by atoms with Gasteiger partial charge in [0.05, 0.1) is 17.5 Å². The number of anilines is 1. The number of nitrogens with one attached hydrogen (secondary N) is 3. The van der Waals surface area contributed by atoms with Crippen LogP contribution in [0.2, 0.25) is 0 Å². The summed E-state index contributed by atoms with van der Waals surface area (Å²) in [5.41, 5.74) is 3.17. The number of nitriles is 1. The molecule has 0 bridgehead atoms. The SMILES string of the molecule is CC(=O)NCCNc1nc(-c2ccccc2)nc2[nH]c(C(=O)N3CCN(CC#Cc4ccccc4C#N)CC3)cc12. The second-order valence-electron chi connectivity index (χ2n) is 9.64. The molecule has 0 atom stereocenters. The summed E-state index contributed by atoms with van der Waals surface area (Å²) in [4.78, 5) is 41.4. The Morgan fingerprint density at radius 3 is 2.44 bits per heavy atom. The van der Waals surface area contributed by atoms with Crippen LogP contribution in [-0.2, 0) is 4.79 Å². The van der Waals surface area contributed by atoms with Crippen LogP contribution in [0.1, 0.15) is 28.5 Å². The van der Waals surface area contributed by atoms with Crippen molar-refractivity contribution in [3.05, 3.63) is 77.5 Å². The number of carbonyl (C=O) groups is 2. The van der Waals surface area contributed by atoms with E-state index < -0.39 is 0 Å². The van der Waals surface area contributed by atoms with Crippen LogP contribution < -0.4 is 10.6 Å². The molecule has 10 nitrogen and oxygen atoms in total. The van der Waals surface area contributed by atoms with Crippen LogP contribution in [0.4, 0.5) is 5.82 Å². The lowest BCUT2D eigenvalue weighted by Crippen LogP contribution is -2.48.